The molecule has 1 aliphatic rings. The number of rotatable bonds is 3. The first-order valence-corrected chi connectivity index (χ1v) is 7.30. The molecule has 2 aromatic heterocycles. The van der Waals surface area contributed by atoms with Crippen LogP contribution in [0.1, 0.15) is 18.7 Å². The number of halogens is 1. The van der Waals surface area contributed by atoms with Crippen LogP contribution in [0, 0.1) is 12.8 Å². The predicted octanol–water partition coefficient (Wildman–Crippen LogP) is 2.55. The highest BCUT2D eigenvalue weighted by atomic mass is 35.5. The van der Waals surface area contributed by atoms with Crippen LogP contribution in [-0.4, -0.2) is 32.6 Å². The lowest BCUT2D eigenvalue weighted by molar-refractivity contribution is 0.362. The van der Waals surface area contributed by atoms with Crippen molar-refractivity contribution in [1.29, 1.82) is 0 Å². The highest BCUT2D eigenvalue weighted by Crippen LogP contribution is 2.24. The van der Waals surface area contributed by atoms with Gasteiger partial charge >= 0.3 is 0 Å². The third kappa shape index (κ3) is 2.93. The molecule has 3 heterocycles. The van der Waals surface area contributed by atoms with Crippen LogP contribution in [0.25, 0.3) is 0 Å². The van der Waals surface area contributed by atoms with Crippen molar-refractivity contribution >= 4 is 17.4 Å². The number of aromatic nitrogens is 4. The van der Waals surface area contributed by atoms with Crippen LogP contribution in [-0.2, 0) is 6.54 Å². The van der Waals surface area contributed by atoms with Gasteiger partial charge in [0.25, 0.3) is 0 Å². The number of hydrogen-bond acceptors (Lipinski definition) is 4. The maximum absolute atomic E-state index is 5.95. The molecule has 1 atom stereocenters. The van der Waals surface area contributed by atoms with Gasteiger partial charge in [-0.3, -0.25) is 0 Å². The van der Waals surface area contributed by atoms with Crippen LogP contribution in [0.3, 0.4) is 0 Å². The number of imidazole rings is 1. The van der Waals surface area contributed by atoms with Gasteiger partial charge in [0.15, 0.2) is 0 Å². The highest BCUT2D eigenvalue weighted by molar-refractivity contribution is 6.29. The second-order valence-electron chi connectivity index (χ2n) is 5.28. The number of nitrogens with zero attached hydrogens (tertiary/aromatic N) is 5. The highest BCUT2D eigenvalue weighted by Gasteiger charge is 2.21. The molecule has 0 aliphatic carbocycles. The van der Waals surface area contributed by atoms with Crippen LogP contribution in [0.15, 0.2) is 24.8 Å². The van der Waals surface area contributed by atoms with Gasteiger partial charge in [-0.05, 0) is 25.7 Å². The molecule has 1 fully saturated rings. The van der Waals surface area contributed by atoms with E-state index >= 15 is 0 Å². The fourth-order valence-electron chi connectivity index (χ4n) is 2.79. The molecule has 5 nitrogen and oxygen atoms in total. The number of anilines is 1. The molecule has 2 aromatic rings. The molecule has 0 saturated carbocycles. The Morgan fingerprint density at radius 2 is 2.25 bits per heavy atom. The molecule has 0 unspecified atom stereocenters. The van der Waals surface area contributed by atoms with Crippen LogP contribution >= 0.6 is 11.6 Å². The van der Waals surface area contributed by atoms with Crippen molar-refractivity contribution in [3.05, 3.63) is 35.8 Å². The monoisotopic (exact) mass is 291 g/mol. The smallest absolute Gasteiger partial charge is 0.134 e. The van der Waals surface area contributed by atoms with Crippen molar-refractivity contribution in [2.75, 3.05) is 18.0 Å². The average Bonchev–Trinajstić information content (AvgIpc) is 2.85. The summed E-state index contributed by atoms with van der Waals surface area (Å²) in [6, 6.07) is 1.84. The normalized spacial score (nSPS) is 19.3. The third-order valence-electron chi connectivity index (χ3n) is 3.84. The third-order valence-corrected chi connectivity index (χ3v) is 4.05. The van der Waals surface area contributed by atoms with Crippen molar-refractivity contribution < 1.29 is 0 Å². The van der Waals surface area contributed by atoms with E-state index in [0.717, 1.165) is 31.3 Å². The van der Waals surface area contributed by atoms with E-state index in [1.165, 1.54) is 19.2 Å². The summed E-state index contributed by atoms with van der Waals surface area (Å²) in [5, 5.41) is 0.502. The lowest BCUT2D eigenvalue weighted by Gasteiger charge is -2.33. The lowest BCUT2D eigenvalue weighted by atomic mass is 9.98. The van der Waals surface area contributed by atoms with Crippen molar-refractivity contribution in [2.24, 2.45) is 5.92 Å². The van der Waals surface area contributed by atoms with Crippen molar-refractivity contribution in [2.45, 2.75) is 26.3 Å². The molecule has 1 aliphatic heterocycles. The van der Waals surface area contributed by atoms with Gasteiger partial charge in [-0.1, -0.05) is 11.6 Å². The minimum Gasteiger partial charge on any atom is -0.356 e. The molecule has 1 saturated heterocycles. The molecule has 6 heteroatoms. The predicted molar refractivity (Wildman–Crippen MR) is 78.9 cm³/mol. The molecule has 0 radical (unpaired) electrons. The number of piperidine rings is 1. The molecule has 0 amide bonds. The fraction of sp³-hybridized carbons (Fsp3) is 0.500. The SMILES string of the molecule is Cc1nccn1C[C@@H]1CCCN(c2cc(Cl)ncn2)C1. The lowest BCUT2D eigenvalue weighted by Crippen LogP contribution is -2.37. The first-order valence-electron chi connectivity index (χ1n) is 6.92. The van der Waals surface area contributed by atoms with Gasteiger partial charge in [-0.2, -0.15) is 0 Å². The van der Waals surface area contributed by atoms with Gasteiger partial charge in [-0.15, -0.1) is 0 Å². The first-order chi connectivity index (χ1) is 9.72. The van der Waals surface area contributed by atoms with Crippen LogP contribution < -0.4 is 4.90 Å². The Bertz CT molecular complexity index is 582. The maximum Gasteiger partial charge on any atom is 0.134 e. The Labute approximate surface area is 123 Å². The van der Waals surface area contributed by atoms with E-state index in [0.29, 0.717) is 11.1 Å². The molecule has 20 heavy (non-hydrogen) atoms. The van der Waals surface area contributed by atoms with E-state index in [-0.39, 0.29) is 0 Å². The zero-order valence-corrected chi connectivity index (χ0v) is 12.3. The molecule has 106 valence electrons. The summed E-state index contributed by atoms with van der Waals surface area (Å²) in [6.45, 7) is 5.10. The number of aryl methyl sites for hydroxylation is 1. The van der Waals surface area contributed by atoms with E-state index in [1.54, 1.807) is 0 Å². The van der Waals surface area contributed by atoms with E-state index in [9.17, 15) is 0 Å². The van der Waals surface area contributed by atoms with Crippen LogP contribution in [0.5, 0.6) is 0 Å². The van der Waals surface area contributed by atoms with E-state index in [1.807, 2.05) is 19.2 Å². The molecule has 0 N–H and O–H groups in total. The largest absolute Gasteiger partial charge is 0.356 e. The first kappa shape index (κ1) is 13.4. The van der Waals surface area contributed by atoms with Gasteiger partial charge in [-0.25, -0.2) is 15.0 Å². The van der Waals surface area contributed by atoms with Gasteiger partial charge < -0.3 is 9.47 Å². The molecular formula is C14H18ClN5. The Morgan fingerprint density at radius 1 is 1.35 bits per heavy atom. The fourth-order valence-corrected chi connectivity index (χ4v) is 2.94. The zero-order chi connectivity index (χ0) is 13.9. The average molecular weight is 292 g/mol. The van der Waals surface area contributed by atoms with E-state index in [2.05, 4.69) is 30.6 Å². The van der Waals surface area contributed by atoms with Gasteiger partial charge in [0.05, 0.1) is 0 Å². The van der Waals surface area contributed by atoms with Crippen molar-refractivity contribution in [3.8, 4) is 0 Å². The summed E-state index contributed by atoms with van der Waals surface area (Å²) in [6.07, 6.45) is 7.87. The zero-order valence-electron chi connectivity index (χ0n) is 11.5. The minimum absolute atomic E-state index is 0.502. The van der Waals surface area contributed by atoms with Crippen LogP contribution in [0.4, 0.5) is 5.82 Å². The summed E-state index contributed by atoms with van der Waals surface area (Å²) >= 11 is 5.95. The number of hydrogen-bond donors (Lipinski definition) is 0. The Balaban J connectivity index is 1.69. The van der Waals surface area contributed by atoms with Crippen molar-refractivity contribution in [3.63, 3.8) is 0 Å². The Morgan fingerprint density at radius 3 is 3.00 bits per heavy atom. The quantitative estimate of drug-likeness (QED) is 0.816. The second kappa shape index (κ2) is 5.79. The molecule has 3 rings (SSSR count). The van der Waals surface area contributed by atoms with Gasteiger partial charge in [0, 0.05) is 38.1 Å². The van der Waals surface area contributed by atoms with E-state index in [4.69, 9.17) is 11.6 Å². The molecule has 0 spiro atoms. The second-order valence-corrected chi connectivity index (χ2v) is 5.67. The summed E-state index contributed by atoms with van der Waals surface area (Å²) in [4.78, 5) is 14.8. The van der Waals surface area contributed by atoms with Gasteiger partial charge in [0.2, 0.25) is 0 Å². The molecule has 0 aromatic carbocycles. The van der Waals surface area contributed by atoms with Gasteiger partial charge in [0.1, 0.15) is 23.1 Å². The van der Waals surface area contributed by atoms with Crippen molar-refractivity contribution in [1.82, 2.24) is 19.5 Å². The topological polar surface area (TPSA) is 46.8 Å². The Kier molecular flexibility index (Phi) is 3.87. The Hall–Kier alpha value is -1.62. The summed E-state index contributed by atoms with van der Waals surface area (Å²) in [5.74, 6) is 2.62. The summed E-state index contributed by atoms with van der Waals surface area (Å²) in [5.41, 5.74) is 0. The van der Waals surface area contributed by atoms with E-state index < -0.39 is 0 Å². The maximum atomic E-state index is 5.95. The summed E-state index contributed by atoms with van der Waals surface area (Å²) < 4.78 is 2.22. The van der Waals surface area contributed by atoms with Crippen LogP contribution in [0.2, 0.25) is 5.15 Å². The summed E-state index contributed by atoms with van der Waals surface area (Å²) in [7, 11) is 0. The minimum atomic E-state index is 0.502. The molecular weight excluding hydrogens is 274 g/mol. The standard InChI is InChI=1S/C14H18ClN5/c1-11-16-4-6-19(11)8-12-3-2-5-20(9-12)14-7-13(15)17-10-18-14/h4,6-7,10,12H,2-3,5,8-9H2,1H3/t12-/m0/s1. The molecule has 0 bridgehead atoms.